The molecule has 1 fully saturated rings. The number of fused-ring (bicyclic) bond motifs is 1. The van der Waals surface area contributed by atoms with Crippen molar-refractivity contribution < 1.29 is 9.53 Å². The summed E-state index contributed by atoms with van der Waals surface area (Å²) >= 11 is 6.36. The molecule has 2 aromatic heterocycles. The molecular weight excluding hydrogens is 306 g/mol. The second-order valence-electron chi connectivity index (χ2n) is 5.51. The number of pyridine rings is 1. The summed E-state index contributed by atoms with van der Waals surface area (Å²) in [6.07, 6.45) is 4.57. The molecule has 1 aliphatic heterocycles. The molecule has 8 heteroatoms. The van der Waals surface area contributed by atoms with E-state index in [9.17, 15) is 4.79 Å². The number of nitrogen functional groups attached to an aromatic ring is 1. The number of halogens is 1. The van der Waals surface area contributed by atoms with E-state index in [1.807, 2.05) is 0 Å². The molecule has 0 aliphatic carbocycles. The van der Waals surface area contributed by atoms with E-state index in [1.54, 1.807) is 12.4 Å². The number of piperidine rings is 1. The van der Waals surface area contributed by atoms with E-state index in [2.05, 4.69) is 14.9 Å². The van der Waals surface area contributed by atoms with Crippen LogP contribution in [0.2, 0.25) is 5.02 Å². The number of rotatable bonds is 3. The zero-order valence-electron chi connectivity index (χ0n) is 12.0. The highest BCUT2D eigenvalue weighted by atomic mass is 35.5. The lowest BCUT2D eigenvalue weighted by molar-refractivity contribution is 0.131. The number of carbonyl (C=O) groups is 1. The molecule has 0 radical (unpaired) electrons. The van der Waals surface area contributed by atoms with Gasteiger partial charge in [-0.05, 0) is 12.8 Å². The maximum absolute atomic E-state index is 10.8. The predicted molar refractivity (Wildman–Crippen MR) is 86.0 cm³/mol. The fourth-order valence-electron chi connectivity index (χ4n) is 2.99. The van der Waals surface area contributed by atoms with Crippen molar-refractivity contribution in [1.82, 2.24) is 9.97 Å². The van der Waals surface area contributed by atoms with E-state index in [1.165, 1.54) is 0 Å². The van der Waals surface area contributed by atoms with Crippen LogP contribution in [0.3, 0.4) is 0 Å². The molecule has 2 aromatic rings. The average molecular weight is 324 g/mol. The fraction of sp³-hybridized carbons (Fsp3) is 0.429. The number of nitrogens with zero attached hydrogens (tertiary/aromatic N) is 2. The van der Waals surface area contributed by atoms with Crippen molar-refractivity contribution in [1.29, 1.82) is 0 Å². The Morgan fingerprint density at radius 1 is 1.59 bits per heavy atom. The predicted octanol–water partition coefficient (Wildman–Crippen LogP) is 2.11. The zero-order valence-corrected chi connectivity index (χ0v) is 12.8. The lowest BCUT2D eigenvalue weighted by Crippen LogP contribution is -2.38. The van der Waals surface area contributed by atoms with Gasteiger partial charge < -0.3 is 26.1 Å². The summed E-state index contributed by atoms with van der Waals surface area (Å²) in [4.78, 5) is 20.2. The van der Waals surface area contributed by atoms with E-state index in [-0.39, 0.29) is 5.92 Å². The van der Waals surface area contributed by atoms with Crippen molar-refractivity contribution in [2.24, 2.45) is 11.7 Å². The number of anilines is 2. The standard InChI is InChI=1S/C14H18ClN5O2/c15-9-4-18-13-11(10(16)5-19-13)12(9)20-3-1-2-8(6-20)7-22-14(17)21/h4-5,8H,1-3,6-7,16H2,(H2,17,21)(H,18,19). The molecule has 0 bridgehead atoms. The van der Waals surface area contributed by atoms with Gasteiger partial charge in [-0.25, -0.2) is 9.78 Å². The number of primary amides is 1. The summed E-state index contributed by atoms with van der Waals surface area (Å²) in [5.74, 6) is 0.223. The Labute approximate surface area is 132 Å². The highest BCUT2D eigenvalue weighted by molar-refractivity contribution is 6.35. The van der Waals surface area contributed by atoms with Crippen LogP contribution in [0.1, 0.15) is 12.8 Å². The quantitative estimate of drug-likeness (QED) is 0.801. The molecule has 0 spiro atoms. The maximum Gasteiger partial charge on any atom is 0.404 e. The Morgan fingerprint density at radius 2 is 2.41 bits per heavy atom. The molecular formula is C14H18ClN5O2. The topological polar surface area (TPSA) is 110 Å². The molecule has 118 valence electrons. The summed E-state index contributed by atoms with van der Waals surface area (Å²) in [5.41, 5.74) is 13.3. The Bertz CT molecular complexity index is 702. The summed E-state index contributed by atoms with van der Waals surface area (Å²) < 4.78 is 4.93. The summed E-state index contributed by atoms with van der Waals surface area (Å²) in [5, 5.41) is 1.40. The van der Waals surface area contributed by atoms with Crippen LogP contribution in [0, 0.1) is 5.92 Å². The second-order valence-corrected chi connectivity index (χ2v) is 5.91. The largest absolute Gasteiger partial charge is 0.449 e. The Hall–Kier alpha value is -2.15. The van der Waals surface area contributed by atoms with Gasteiger partial charge in [0.1, 0.15) is 5.65 Å². The minimum atomic E-state index is -0.740. The van der Waals surface area contributed by atoms with Crippen LogP contribution >= 0.6 is 11.6 Å². The van der Waals surface area contributed by atoms with E-state index >= 15 is 0 Å². The van der Waals surface area contributed by atoms with Crippen molar-refractivity contribution in [3.05, 3.63) is 17.4 Å². The molecule has 1 atom stereocenters. The van der Waals surface area contributed by atoms with Crippen LogP contribution in [0.15, 0.2) is 12.4 Å². The first-order valence-electron chi connectivity index (χ1n) is 7.14. The second kappa shape index (κ2) is 5.92. The molecule has 7 nitrogen and oxygen atoms in total. The molecule has 0 aromatic carbocycles. The third-order valence-electron chi connectivity index (χ3n) is 3.96. The summed E-state index contributed by atoms with van der Waals surface area (Å²) in [7, 11) is 0. The number of amides is 1. The molecule has 22 heavy (non-hydrogen) atoms. The van der Waals surface area contributed by atoms with Gasteiger partial charge in [0.2, 0.25) is 0 Å². The van der Waals surface area contributed by atoms with Gasteiger partial charge in [-0.3, -0.25) is 0 Å². The minimum absolute atomic E-state index is 0.223. The number of hydrogen-bond acceptors (Lipinski definition) is 5. The van der Waals surface area contributed by atoms with E-state index in [0.717, 1.165) is 37.0 Å². The van der Waals surface area contributed by atoms with Gasteiger partial charge in [-0.1, -0.05) is 11.6 Å². The number of nitrogens with one attached hydrogen (secondary N) is 1. The summed E-state index contributed by atoms with van der Waals surface area (Å²) in [6, 6.07) is 0. The van der Waals surface area contributed by atoms with Crippen molar-refractivity contribution in [2.45, 2.75) is 12.8 Å². The van der Waals surface area contributed by atoms with Crippen LogP contribution in [-0.4, -0.2) is 35.8 Å². The molecule has 1 amide bonds. The van der Waals surface area contributed by atoms with E-state index in [4.69, 9.17) is 27.8 Å². The summed E-state index contributed by atoms with van der Waals surface area (Å²) in [6.45, 7) is 1.92. The Morgan fingerprint density at radius 3 is 3.18 bits per heavy atom. The molecule has 1 unspecified atom stereocenters. The van der Waals surface area contributed by atoms with Crippen LogP contribution in [-0.2, 0) is 4.74 Å². The smallest absolute Gasteiger partial charge is 0.404 e. The number of carbonyl (C=O) groups excluding carboxylic acids is 1. The first-order chi connectivity index (χ1) is 10.6. The molecule has 3 rings (SSSR count). The number of hydrogen-bond donors (Lipinski definition) is 3. The number of aromatic nitrogens is 2. The molecule has 1 aliphatic rings. The zero-order chi connectivity index (χ0) is 15.7. The average Bonchev–Trinajstić information content (AvgIpc) is 2.87. The van der Waals surface area contributed by atoms with Gasteiger partial charge in [-0.2, -0.15) is 0 Å². The van der Waals surface area contributed by atoms with Crippen molar-refractivity contribution in [3.8, 4) is 0 Å². The van der Waals surface area contributed by atoms with Gasteiger partial charge in [0.05, 0.1) is 34.6 Å². The molecule has 0 saturated carbocycles. The van der Waals surface area contributed by atoms with Crippen LogP contribution in [0.25, 0.3) is 11.0 Å². The van der Waals surface area contributed by atoms with Gasteiger partial charge in [-0.15, -0.1) is 0 Å². The monoisotopic (exact) mass is 323 g/mol. The maximum atomic E-state index is 10.8. The van der Waals surface area contributed by atoms with Crippen molar-refractivity contribution in [2.75, 3.05) is 30.3 Å². The van der Waals surface area contributed by atoms with Gasteiger partial charge in [0.15, 0.2) is 0 Å². The third-order valence-corrected chi connectivity index (χ3v) is 4.23. The van der Waals surface area contributed by atoms with Crippen LogP contribution in [0.5, 0.6) is 0 Å². The van der Waals surface area contributed by atoms with Crippen molar-refractivity contribution >= 4 is 40.1 Å². The molecule has 3 heterocycles. The number of ether oxygens (including phenoxy) is 1. The van der Waals surface area contributed by atoms with E-state index < -0.39 is 6.09 Å². The highest BCUT2D eigenvalue weighted by Gasteiger charge is 2.25. The van der Waals surface area contributed by atoms with E-state index in [0.29, 0.717) is 23.0 Å². The lowest BCUT2D eigenvalue weighted by atomic mass is 9.98. The minimum Gasteiger partial charge on any atom is -0.449 e. The first kappa shape index (κ1) is 14.8. The SMILES string of the molecule is NC(=O)OCC1CCCN(c2c(Cl)cnc3[nH]cc(N)c23)C1. The van der Waals surface area contributed by atoms with Gasteiger partial charge >= 0.3 is 6.09 Å². The third kappa shape index (κ3) is 2.76. The first-order valence-corrected chi connectivity index (χ1v) is 7.52. The Balaban J connectivity index is 1.88. The Kier molecular flexibility index (Phi) is 3.98. The van der Waals surface area contributed by atoms with Crippen LogP contribution in [0.4, 0.5) is 16.2 Å². The highest BCUT2D eigenvalue weighted by Crippen LogP contribution is 2.38. The van der Waals surface area contributed by atoms with Crippen LogP contribution < -0.4 is 16.4 Å². The van der Waals surface area contributed by atoms with Gasteiger partial charge in [0, 0.05) is 25.2 Å². The van der Waals surface area contributed by atoms with Crippen molar-refractivity contribution in [3.63, 3.8) is 0 Å². The molecule has 1 saturated heterocycles. The van der Waals surface area contributed by atoms with Gasteiger partial charge in [0.25, 0.3) is 0 Å². The number of aromatic amines is 1. The molecule has 5 N–H and O–H groups in total. The number of H-pyrrole nitrogens is 1. The lowest BCUT2D eigenvalue weighted by Gasteiger charge is -2.34. The normalized spacial score (nSPS) is 18.6. The number of nitrogens with two attached hydrogens (primary N) is 2. The fourth-order valence-corrected chi connectivity index (χ4v) is 3.26.